The molecule has 0 saturated heterocycles. The number of alkyl halides is 2. The molecule has 1 aromatic carbocycles. The normalized spacial score (nSPS) is 15.2. The number of fused-ring (bicyclic) bond motifs is 2. The lowest BCUT2D eigenvalue weighted by Gasteiger charge is -2.10. The van der Waals surface area contributed by atoms with Gasteiger partial charge in [-0.2, -0.15) is 0 Å². The molecule has 0 aliphatic carbocycles. The summed E-state index contributed by atoms with van der Waals surface area (Å²) in [4.78, 5) is 8.47. The van der Waals surface area contributed by atoms with E-state index in [0.717, 1.165) is 0 Å². The molecule has 0 saturated carbocycles. The second-order valence-corrected chi connectivity index (χ2v) is 5.54. The summed E-state index contributed by atoms with van der Waals surface area (Å²) >= 11 is 0. The van der Waals surface area contributed by atoms with Crippen molar-refractivity contribution in [1.29, 1.82) is 0 Å². The zero-order chi connectivity index (χ0) is 16.9. The fourth-order valence-electron chi connectivity index (χ4n) is 2.57. The molecule has 0 fully saturated rings. The molecule has 1 aliphatic rings. The Hall–Kier alpha value is -2.90. The first-order valence-electron chi connectivity index (χ1n) is 7.32. The quantitative estimate of drug-likeness (QED) is 0.734. The van der Waals surface area contributed by atoms with E-state index in [1.54, 1.807) is 35.1 Å². The molecule has 3 heterocycles. The van der Waals surface area contributed by atoms with Crippen LogP contribution < -0.4 is 14.2 Å². The third kappa shape index (κ3) is 2.31. The predicted octanol–water partition coefficient (Wildman–Crippen LogP) is 3.51. The van der Waals surface area contributed by atoms with Crippen LogP contribution in [-0.4, -0.2) is 26.8 Å². The Kier molecular flexibility index (Phi) is 3.09. The highest BCUT2D eigenvalue weighted by molar-refractivity contribution is 5.74. The van der Waals surface area contributed by atoms with Crippen LogP contribution in [0.15, 0.2) is 36.8 Å². The first kappa shape index (κ1) is 14.7. The van der Waals surface area contributed by atoms with Crippen LogP contribution in [0, 0.1) is 0 Å². The highest BCUT2D eigenvalue weighted by Gasteiger charge is 2.44. The second-order valence-electron chi connectivity index (χ2n) is 5.54. The molecule has 4 rings (SSSR count). The van der Waals surface area contributed by atoms with Gasteiger partial charge in [-0.05, 0) is 26.0 Å². The molecular formula is C16H13F2N3O3. The molecule has 0 N–H and O–H groups in total. The van der Waals surface area contributed by atoms with Gasteiger partial charge in [0.1, 0.15) is 0 Å². The maximum Gasteiger partial charge on any atom is 0.586 e. The number of benzene rings is 1. The molecule has 0 radical (unpaired) electrons. The van der Waals surface area contributed by atoms with Crippen molar-refractivity contribution in [2.75, 3.05) is 0 Å². The smallest absolute Gasteiger partial charge is 0.472 e. The fraction of sp³-hybridized carbons (Fsp3) is 0.250. The Morgan fingerprint density at radius 2 is 2.04 bits per heavy atom. The van der Waals surface area contributed by atoms with Gasteiger partial charge >= 0.3 is 6.29 Å². The first-order valence-corrected chi connectivity index (χ1v) is 7.32. The minimum atomic E-state index is -3.67. The monoisotopic (exact) mass is 333 g/mol. The molecule has 3 aromatic rings. The zero-order valence-electron chi connectivity index (χ0n) is 12.9. The lowest BCUT2D eigenvalue weighted by atomic mass is 10.1. The number of aromatic nitrogens is 3. The van der Waals surface area contributed by atoms with E-state index in [0.29, 0.717) is 22.8 Å². The lowest BCUT2D eigenvalue weighted by Crippen LogP contribution is -2.26. The van der Waals surface area contributed by atoms with Crippen molar-refractivity contribution in [3.05, 3.63) is 36.8 Å². The van der Waals surface area contributed by atoms with E-state index in [-0.39, 0.29) is 17.6 Å². The summed E-state index contributed by atoms with van der Waals surface area (Å²) in [6.45, 7) is 3.76. The number of nitrogens with zero attached hydrogens (tertiary/aromatic N) is 3. The fourth-order valence-corrected chi connectivity index (χ4v) is 2.57. The summed E-state index contributed by atoms with van der Waals surface area (Å²) in [6, 6.07) is 4.71. The van der Waals surface area contributed by atoms with Crippen molar-refractivity contribution in [3.63, 3.8) is 0 Å². The number of para-hydroxylation sites is 1. The molecular weight excluding hydrogens is 320 g/mol. The number of hydrogen-bond donors (Lipinski definition) is 0. The minimum Gasteiger partial charge on any atom is -0.472 e. The minimum absolute atomic E-state index is 0.0137. The van der Waals surface area contributed by atoms with Crippen LogP contribution in [0.4, 0.5) is 8.78 Å². The first-order chi connectivity index (χ1) is 11.4. The van der Waals surface area contributed by atoms with Crippen LogP contribution in [0.5, 0.6) is 17.4 Å². The molecule has 0 unspecified atom stereocenters. The summed E-state index contributed by atoms with van der Waals surface area (Å²) < 4.78 is 43.3. The molecule has 0 atom stereocenters. The Morgan fingerprint density at radius 3 is 2.83 bits per heavy atom. The van der Waals surface area contributed by atoms with E-state index in [2.05, 4.69) is 19.4 Å². The molecule has 0 amide bonds. The Labute approximate surface area is 135 Å². The highest BCUT2D eigenvalue weighted by atomic mass is 19.3. The second kappa shape index (κ2) is 5.05. The zero-order valence-corrected chi connectivity index (χ0v) is 12.9. The van der Waals surface area contributed by atoms with Crippen molar-refractivity contribution in [2.24, 2.45) is 0 Å². The third-order valence-corrected chi connectivity index (χ3v) is 3.45. The standard InChI is InChI=1S/C16H13F2N3O3/c1-9(2)22-15-14-20-8-11(21(14)7-6-19-15)10-4-3-5-12-13(10)24-16(17,18)23-12/h3-9H,1-2H3. The number of imidazole rings is 1. The van der Waals surface area contributed by atoms with E-state index < -0.39 is 6.29 Å². The average molecular weight is 333 g/mol. The van der Waals surface area contributed by atoms with E-state index in [1.807, 2.05) is 13.8 Å². The van der Waals surface area contributed by atoms with Crippen LogP contribution in [0.25, 0.3) is 16.9 Å². The number of hydrogen-bond acceptors (Lipinski definition) is 5. The molecule has 1 aliphatic heterocycles. The molecule has 6 nitrogen and oxygen atoms in total. The van der Waals surface area contributed by atoms with Gasteiger partial charge in [-0.25, -0.2) is 9.97 Å². The third-order valence-electron chi connectivity index (χ3n) is 3.45. The van der Waals surface area contributed by atoms with Crippen molar-refractivity contribution >= 4 is 5.65 Å². The van der Waals surface area contributed by atoms with Crippen LogP contribution in [0.1, 0.15) is 13.8 Å². The van der Waals surface area contributed by atoms with Gasteiger partial charge < -0.3 is 14.2 Å². The maximum atomic E-state index is 13.4. The van der Waals surface area contributed by atoms with Gasteiger partial charge in [-0.15, -0.1) is 8.78 Å². The molecule has 24 heavy (non-hydrogen) atoms. The van der Waals surface area contributed by atoms with Gasteiger partial charge in [-0.3, -0.25) is 4.40 Å². The van der Waals surface area contributed by atoms with Crippen LogP contribution in [-0.2, 0) is 0 Å². The van der Waals surface area contributed by atoms with Crippen molar-refractivity contribution in [3.8, 4) is 28.6 Å². The van der Waals surface area contributed by atoms with Crippen LogP contribution in [0.3, 0.4) is 0 Å². The summed E-state index contributed by atoms with van der Waals surface area (Å²) in [5.74, 6) is 0.335. The molecule has 124 valence electrons. The lowest BCUT2D eigenvalue weighted by molar-refractivity contribution is -0.286. The van der Waals surface area contributed by atoms with Gasteiger partial charge in [0.15, 0.2) is 11.5 Å². The predicted molar refractivity (Wildman–Crippen MR) is 80.4 cm³/mol. The number of halogens is 2. The van der Waals surface area contributed by atoms with Gasteiger partial charge in [0.2, 0.25) is 5.65 Å². The van der Waals surface area contributed by atoms with Crippen LogP contribution in [0.2, 0.25) is 0 Å². The topological polar surface area (TPSA) is 57.9 Å². The molecule has 2 aromatic heterocycles. The van der Waals surface area contributed by atoms with E-state index in [1.165, 1.54) is 6.07 Å². The summed E-state index contributed by atoms with van der Waals surface area (Å²) in [7, 11) is 0. The van der Waals surface area contributed by atoms with E-state index >= 15 is 0 Å². The Morgan fingerprint density at radius 1 is 1.21 bits per heavy atom. The average Bonchev–Trinajstić information content (AvgIpc) is 3.06. The summed E-state index contributed by atoms with van der Waals surface area (Å²) in [6.07, 6.45) is 1.05. The van der Waals surface area contributed by atoms with Crippen molar-refractivity contribution in [2.45, 2.75) is 26.2 Å². The van der Waals surface area contributed by atoms with E-state index in [9.17, 15) is 8.78 Å². The largest absolute Gasteiger partial charge is 0.586 e. The Bertz CT molecular complexity index is 924. The highest BCUT2D eigenvalue weighted by Crippen LogP contribution is 2.47. The van der Waals surface area contributed by atoms with E-state index in [4.69, 9.17) is 4.74 Å². The maximum absolute atomic E-state index is 13.4. The summed E-state index contributed by atoms with van der Waals surface area (Å²) in [5.41, 5.74) is 1.50. The molecule has 0 spiro atoms. The van der Waals surface area contributed by atoms with Gasteiger partial charge in [-0.1, -0.05) is 6.07 Å². The number of rotatable bonds is 3. The molecule has 8 heteroatoms. The number of ether oxygens (including phenoxy) is 3. The van der Waals surface area contributed by atoms with Gasteiger partial charge in [0, 0.05) is 18.0 Å². The van der Waals surface area contributed by atoms with Crippen molar-refractivity contribution in [1.82, 2.24) is 14.4 Å². The van der Waals surface area contributed by atoms with Gasteiger partial charge in [0.25, 0.3) is 5.88 Å². The SMILES string of the molecule is CC(C)Oc1nccn2c(-c3cccc4c3OC(F)(F)O4)cnc12. The summed E-state index contributed by atoms with van der Waals surface area (Å²) in [5, 5.41) is 0. The van der Waals surface area contributed by atoms with Crippen molar-refractivity contribution < 1.29 is 23.0 Å². The molecule has 0 bridgehead atoms. The van der Waals surface area contributed by atoms with Crippen LogP contribution >= 0.6 is 0 Å². The van der Waals surface area contributed by atoms with Gasteiger partial charge in [0.05, 0.1) is 18.0 Å². The Balaban J connectivity index is 1.87.